The minimum atomic E-state index is 0.304. The van der Waals surface area contributed by atoms with Crippen molar-refractivity contribution in [2.24, 2.45) is 11.7 Å². The third kappa shape index (κ3) is 2.40. The van der Waals surface area contributed by atoms with Crippen molar-refractivity contribution in [3.05, 3.63) is 30.1 Å². The first kappa shape index (κ1) is 11.7. The summed E-state index contributed by atoms with van der Waals surface area (Å²) in [6.45, 7) is 5.23. The molecule has 2 aromatic rings. The van der Waals surface area contributed by atoms with Crippen molar-refractivity contribution < 1.29 is 0 Å². The first-order valence-corrected chi connectivity index (χ1v) is 6.62. The molecular weight excluding hydrogens is 224 g/mol. The van der Waals surface area contributed by atoms with Gasteiger partial charge in [-0.1, -0.05) is 19.1 Å². The van der Waals surface area contributed by atoms with Gasteiger partial charge in [-0.15, -0.1) is 0 Å². The molecule has 1 fully saturated rings. The van der Waals surface area contributed by atoms with Crippen LogP contribution in [0.3, 0.4) is 0 Å². The average molecular weight is 244 g/mol. The molecule has 2 unspecified atom stereocenters. The van der Waals surface area contributed by atoms with Gasteiger partial charge in [0.05, 0.1) is 17.6 Å². The van der Waals surface area contributed by atoms with Gasteiger partial charge in [0.2, 0.25) is 0 Å². The maximum Gasteiger partial charge on any atom is 0.121 e. The van der Waals surface area contributed by atoms with E-state index in [9.17, 15) is 0 Å². The monoisotopic (exact) mass is 244 g/mol. The Morgan fingerprint density at radius 1 is 1.39 bits per heavy atom. The van der Waals surface area contributed by atoms with Crippen LogP contribution >= 0.6 is 0 Å². The van der Waals surface area contributed by atoms with Gasteiger partial charge in [-0.25, -0.2) is 4.98 Å². The second kappa shape index (κ2) is 4.71. The predicted molar refractivity (Wildman–Crippen MR) is 73.1 cm³/mol. The molecule has 2 heterocycles. The van der Waals surface area contributed by atoms with Crippen molar-refractivity contribution in [1.82, 2.24) is 14.9 Å². The predicted octanol–water partition coefficient (Wildman–Crippen LogP) is 1.73. The van der Waals surface area contributed by atoms with Gasteiger partial charge >= 0.3 is 0 Å². The maximum absolute atomic E-state index is 6.07. The van der Waals surface area contributed by atoms with E-state index in [0.29, 0.717) is 12.0 Å². The molecule has 96 valence electrons. The molecule has 3 N–H and O–H groups in total. The number of hydrogen-bond acceptors (Lipinski definition) is 3. The molecule has 1 aliphatic rings. The van der Waals surface area contributed by atoms with E-state index in [1.165, 1.54) is 0 Å². The third-order valence-electron chi connectivity index (χ3n) is 3.58. The van der Waals surface area contributed by atoms with E-state index in [-0.39, 0.29) is 0 Å². The van der Waals surface area contributed by atoms with E-state index < -0.39 is 0 Å². The number of aromatic amines is 1. The van der Waals surface area contributed by atoms with Gasteiger partial charge in [0.25, 0.3) is 0 Å². The van der Waals surface area contributed by atoms with Crippen LogP contribution < -0.4 is 5.73 Å². The number of rotatable bonds is 2. The number of para-hydroxylation sites is 2. The number of fused-ring (bicyclic) bond motifs is 1. The second-order valence-corrected chi connectivity index (χ2v) is 5.50. The lowest BCUT2D eigenvalue weighted by Crippen LogP contribution is -2.45. The summed E-state index contributed by atoms with van der Waals surface area (Å²) in [5.41, 5.74) is 8.23. The molecule has 0 bridgehead atoms. The minimum Gasteiger partial charge on any atom is -0.341 e. The zero-order valence-electron chi connectivity index (χ0n) is 10.8. The van der Waals surface area contributed by atoms with Gasteiger partial charge in [-0.05, 0) is 24.5 Å². The van der Waals surface area contributed by atoms with Crippen molar-refractivity contribution >= 4 is 11.0 Å². The fraction of sp³-hybridized carbons (Fsp3) is 0.500. The number of likely N-dealkylation sites (tertiary alicyclic amines) is 1. The lowest BCUT2D eigenvalue weighted by atomic mass is 9.97. The van der Waals surface area contributed by atoms with Gasteiger partial charge in [0.1, 0.15) is 5.82 Å². The summed E-state index contributed by atoms with van der Waals surface area (Å²) in [6, 6.07) is 8.46. The minimum absolute atomic E-state index is 0.304. The highest BCUT2D eigenvalue weighted by Gasteiger charge is 2.22. The smallest absolute Gasteiger partial charge is 0.121 e. The molecule has 0 spiro atoms. The van der Waals surface area contributed by atoms with Crippen LogP contribution in [0.2, 0.25) is 0 Å². The zero-order chi connectivity index (χ0) is 12.5. The molecule has 1 aromatic heterocycles. The number of nitrogens with zero attached hydrogens (tertiary/aromatic N) is 2. The highest BCUT2D eigenvalue weighted by Crippen LogP contribution is 2.18. The van der Waals surface area contributed by atoms with E-state index >= 15 is 0 Å². The topological polar surface area (TPSA) is 57.9 Å². The van der Waals surface area contributed by atoms with E-state index in [4.69, 9.17) is 5.73 Å². The van der Waals surface area contributed by atoms with Crippen LogP contribution in [0.25, 0.3) is 11.0 Å². The molecule has 18 heavy (non-hydrogen) atoms. The number of imidazole rings is 1. The highest BCUT2D eigenvalue weighted by molar-refractivity contribution is 5.74. The van der Waals surface area contributed by atoms with Crippen LogP contribution in [0.1, 0.15) is 19.2 Å². The Bertz CT molecular complexity index is 490. The molecule has 4 heteroatoms. The average Bonchev–Trinajstić information content (AvgIpc) is 2.69. The van der Waals surface area contributed by atoms with Crippen LogP contribution in [-0.4, -0.2) is 34.0 Å². The van der Waals surface area contributed by atoms with Crippen molar-refractivity contribution in [3.63, 3.8) is 0 Å². The summed E-state index contributed by atoms with van der Waals surface area (Å²) >= 11 is 0. The van der Waals surface area contributed by atoms with Crippen molar-refractivity contribution in [1.29, 1.82) is 0 Å². The maximum atomic E-state index is 6.07. The van der Waals surface area contributed by atoms with Crippen LogP contribution in [0.15, 0.2) is 24.3 Å². The van der Waals surface area contributed by atoms with Gasteiger partial charge in [-0.3, -0.25) is 4.90 Å². The van der Waals surface area contributed by atoms with Gasteiger partial charge < -0.3 is 10.7 Å². The molecule has 2 atom stereocenters. The van der Waals surface area contributed by atoms with Gasteiger partial charge in [-0.2, -0.15) is 0 Å². The molecule has 0 saturated carbocycles. The van der Waals surface area contributed by atoms with Gasteiger partial charge in [0.15, 0.2) is 0 Å². The van der Waals surface area contributed by atoms with Gasteiger partial charge in [0, 0.05) is 19.1 Å². The fourth-order valence-corrected chi connectivity index (χ4v) is 2.93. The number of benzene rings is 1. The molecule has 1 aliphatic heterocycles. The quantitative estimate of drug-likeness (QED) is 0.846. The number of hydrogen-bond donors (Lipinski definition) is 2. The molecule has 3 rings (SSSR count). The van der Waals surface area contributed by atoms with Crippen molar-refractivity contribution in [2.75, 3.05) is 13.1 Å². The summed E-state index contributed by atoms with van der Waals surface area (Å²) in [6.07, 6.45) is 1.14. The second-order valence-electron chi connectivity index (χ2n) is 5.50. The van der Waals surface area contributed by atoms with Crippen LogP contribution in [-0.2, 0) is 6.54 Å². The molecular formula is C14H20N4. The lowest BCUT2D eigenvalue weighted by Gasteiger charge is -2.34. The van der Waals surface area contributed by atoms with Crippen molar-refractivity contribution in [2.45, 2.75) is 25.9 Å². The van der Waals surface area contributed by atoms with Crippen LogP contribution in [0, 0.1) is 5.92 Å². The summed E-state index contributed by atoms with van der Waals surface area (Å²) in [5, 5.41) is 0. The third-order valence-corrected chi connectivity index (χ3v) is 3.58. The first-order valence-electron chi connectivity index (χ1n) is 6.62. The lowest BCUT2D eigenvalue weighted by molar-refractivity contribution is 0.155. The first-order chi connectivity index (χ1) is 8.70. The molecule has 0 aliphatic carbocycles. The van der Waals surface area contributed by atoms with E-state index in [1.807, 2.05) is 18.2 Å². The Balaban J connectivity index is 1.75. The summed E-state index contributed by atoms with van der Waals surface area (Å²) < 4.78 is 0. The largest absolute Gasteiger partial charge is 0.341 e. The Kier molecular flexibility index (Phi) is 3.06. The molecule has 0 radical (unpaired) electrons. The summed E-state index contributed by atoms with van der Waals surface area (Å²) in [4.78, 5) is 10.4. The summed E-state index contributed by atoms with van der Waals surface area (Å²) in [7, 11) is 0. The number of H-pyrrole nitrogens is 1. The molecule has 1 aromatic carbocycles. The van der Waals surface area contributed by atoms with E-state index in [1.54, 1.807) is 0 Å². The summed E-state index contributed by atoms with van der Waals surface area (Å²) in [5.74, 6) is 1.72. The van der Waals surface area contributed by atoms with E-state index in [0.717, 1.165) is 42.9 Å². The molecule has 1 saturated heterocycles. The zero-order valence-corrected chi connectivity index (χ0v) is 10.8. The standard InChI is InChI=1S/C14H20N4/c1-10-6-11(15)8-18(7-10)9-14-16-12-4-2-3-5-13(12)17-14/h2-5,10-11H,6-9,15H2,1H3,(H,16,17). The number of nitrogens with one attached hydrogen (secondary N) is 1. The number of nitrogens with two attached hydrogens (primary N) is 1. The Morgan fingerprint density at radius 3 is 3.00 bits per heavy atom. The van der Waals surface area contributed by atoms with Crippen molar-refractivity contribution in [3.8, 4) is 0 Å². The number of piperidine rings is 1. The Labute approximate surface area is 107 Å². The normalized spacial score (nSPS) is 25.7. The highest BCUT2D eigenvalue weighted by atomic mass is 15.2. The SMILES string of the molecule is CC1CC(N)CN(Cc2nc3ccccc3[nH]2)C1. The Morgan fingerprint density at radius 2 is 2.22 bits per heavy atom. The van der Waals surface area contributed by atoms with E-state index in [2.05, 4.69) is 27.9 Å². The Hall–Kier alpha value is -1.39. The molecule has 4 nitrogen and oxygen atoms in total. The molecule has 0 amide bonds. The van der Waals surface area contributed by atoms with Crippen LogP contribution in [0.5, 0.6) is 0 Å². The van der Waals surface area contributed by atoms with Crippen LogP contribution in [0.4, 0.5) is 0 Å². The fourth-order valence-electron chi connectivity index (χ4n) is 2.93. The number of aromatic nitrogens is 2.